The number of rotatable bonds is 7. The van der Waals surface area contributed by atoms with Crippen LogP contribution in [0.5, 0.6) is 0 Å². The minimum atomic E-state index is -0.138. The lowest BCUT2D eigenvalue weighted by atomic mass is 9.68. The summed E-state index contributed by atoms with van der Waals surface area (Å²) in [5, 5.41) is 3.06. The van der Waals surface area contributed by atoms with Crippen LogP contribution in [-0.2, 0) is 10.3 Å². The van der Waals surface area contributed by atoms with Crippen LogP contribution in [0.15, 0.2) is 30.3 Å². The van der Waals surface area contributed by atoms with Crippen LogP contribution in [0.25, 0.3) is 0 Å². The van der Waals surface area contributed by atoms with E-state index in [9.17, 15) is 9.59 Å². The largest absolute Gasteiger partial charge is 0.352 e. The summed E-state index contributed by atoms with van der Waals surface area (Å²) in [7, 11) is 4.37. The van der Waals surface area contributed by atoms with Gasteiger partial charge in [-0.1, -0.05) is 36.8 Å². The van der Waals surface area contributed by atoms with Gasteiger partial charge in [-0.2, -0.15) is 0 Å². The zero-order valence-corrected chi connectivity index (χ0v) is 19.7. The van der Waals surface area contributed by atoms with Crippen molar-refractivity contribution < 1.29 is 9.59 Å². The number of amides is 3. The van der Waals surface area contributed by atoms with Crippen LogP contribution in [0.1, 0.15) is 63.4 Å². The molecule has 6 heteroatoms. The zero-order valence-electron chi connectivity index (χ0n) is 19.7. The van der Waals surface area contributed by atoms with Crippen LogP contribution in [0.2, 0.25) is 0 Å². The molecule has 1 spiro atoms. The second kappa shape index (κ2) is 8.36. The lowest BCUT2D eigenvalue weighted by Crippen LogP contribution is -2.56. The molecule has 5 rings (SSSR count). The topological polar surface area (TPSA) is 55.9 Å². The third kappa shape index (κ3) is 3.91. The molecule has 3 amide bonds. The van der Waals surface area contributed by atoms with Crippen LogP contribution < -0.4 is 5.32 Å². The maximum atomic E-state index is 13.5. The summed E-state index contributed by atoms with van der Waals surface area (Å²) in [6.07, 6.45) is 9.92. The molecule has 174 valence electrons. The molecule has 1 aromatic carbocycles. The molecule has 0 atom stereocenters. The van der Waals surface area contributed by atoms with Crippen molar-refractivity contribution in [3.05, 3.63) is 35.9 Å². The Balaban J connectivity index is 1.35. The van der Waals surface area contributed by atoms with Crippen molar-refractivity contribution in [2.45, 2.75) is 74.9 Å². The molecule has 3 saturated carbocycles. The summed E-state index contributed by atoms with van der Waals surface area (Å²) in [6, 6.07) is 11.3. The Morgan fingerprint density at radius 2 is 1.75 bits per heavy atom. The molecule has 0 aromatic heterocycles. The first-order chi connectivity index (χ1) is 15.4. The summed E-state index contributed by atoms with van der Waals surface area (Å²) in [6.45, 7) is 1.75. The molecule has 1 saturated heterocycles. The number of carbonyl (C=O) groups is 2. The van der Waals surface area contributed by atoms with Gasteiger partial charge in [-0.05, 0) is 76.9 Å². The lowest BCUT2D eigenvalue weighted by Gasteiger charge is -2.51. The monoisotopic (exact) mass is 438 g/mol. The molecule has 0 unspecified atom stereocenters. The Kier molecular flexibility index (Phi) is 5.68. The number of urea groups is 1. The van der Waals surface area contributed by atoms with E-state index in [4.69, 9.17) is 0 Å². The second-order valence-corrected chi connectivity index (χ2v) is 10.9. The number of hydrogen-bond donors (Lipinski definition) is 1. The molecule has 4 aliphatic rings. The van der Waals surface area contributed by atoms with E-state index in [1.807, 2.05) is 4.90 Å². The van der Waals surface area contributed by atoms with Crippen molar-refractivity contribution in [1.82, 2.24) is 20.0 Å². The van der Waals surface area contributed by atoms with Crippen LogP contribution in [0.3, 0.4) is 0 Å². The first kappa shape index (κ1) is 21.7. The Labute approximate surface area is 192 Å². The van der Waals surface area contributed by atoms with Gasteiger partial charge in [0.1, 0.15) is 6.54 Å². The van der Waals surface area contributed by atoms with Crippen molar-refractivity contribution in [1.29, 1.82) is 0 Å². The summed E-state index contributed by atoms with van der Waals surface area (Å²) in [5.41, 5.74) is 1.24. The van der Waals surface area contributed by atoms with E-state index in [0.29, 0.717) is 18.5 Å². The molecule has 0 radical (unpaired) electrons. The molecule has 4 fully saturated rings. The third-order valence-corrected chi connectivity index (χ3v) is 8.68. The number of nitrogens with zero attached hydrogens (tertiary/aromatic N) is 3. The van der Waals surface area contributed by atoms with E-state index in [2.05, 4.69) is 59.5 Å². The van der Waals surface area contributed by atoms with Gasteiger partial charge in [0.25, 0.3) is 0 Å². The molecule has 1 aliphatic heterocycles. The van der Waals surface area contributed by atoms with Crippen LogP contribution in [0, 0.1) is 5.92 Å². The maximum Gasteiger partial charge on any atom is 0.321 e. The van der Waals surface area contributed by atoms with Crippen LogP contribution in [0.4, 0.5) is 4.79 Å². The Morgan fingerprint density at radius 3 is 2.31 bits per heavy atom. The molecule has 1 aromatic rings. The van der Waals surface area contributed by atoms with Crippen LogP contribution in [-0.4, -0.2) is 71.9 Å². The van der Waals surface area contributed by atoms with Gasteiger partial charge in [0.15, 0.2) is 0 Å². The highest BCUT2D eigenvalue weighted by atomic mass is 16.2. The van der Waals surface area contributed by atoms with E-state index in [1.54, 1.807) is 0 Å². The number of nitrogens with one attached hydrogen (secondary N) is 1. The average molecular weight is 439 g/mol. The third-order valence-electron chi connectivity index (χ3n) is 8.68. The van der Waals surface area contributed by atoms with Gasteiger partial charge in [-0.15, -0.1) is 0 Å². The molecular weight excluding hydrogens is 400 g/mol. The number of benzene rings is 1. The number of carbonyl (C=O) groups excluding carboxylic acids is 2. The lowest BCUT2D eigenvalue weighted by molar-refractivity contribution is -0.121. The van der Waals surface area contributed by atoms with Gasteiger partial charge < -0.3 is 15.1 Å². The van der Waals surface area contributed by atoms with Gasteiger partial charge in [0.05, 0.1) is 5.54 Å². The van der Waals surface area contributed by atoms with E-state index in [1.165, 1.54) is 24.8 Å². The highest BCUT2D eigenvalue weighted by Crippen LogP contribution is 2.49. The van der Waals surface area contributed by atoms with Crippen molar-refractivity contribution in [2.75, 3.05) is 33.7 Å². The van der Waals surface area contributed by atoms with Crippen molar-refractivity contribution in [3.63, 3.8) is 0 Å². The van der Waals surface area contributed by atoms with E-state index < -0.39 is 0 Å². The summed E-state index contributed by atoms with van der Waals surface area (Å²) in [5.74, 6) is 0.634. The molecule has 1 N–H and O–H groups in total. The first-order valence-corrected chi connectivity index (χ1v) is 12.5. The fourth-order valence-corrected chi connectivity index (χ4v) is 6.18. The molecule has 32 heavy (non-hydrogen) atoms. The fraction of sp³-hybridized carbons (Fsp3) is 0.692. The summed E-state index contributed by atoms with van der Waals surface area (Å²) < 4.78 is 0. The Hall–Kier alpha value is -2.08. The van der Waals surface area contributed by atoms with E-state index in [-0.39, 0.29) is 29.6 Å². The predicted molar refractivity (Wildman–Crippen MR) is 125 cm³/mol. The van der Waals surface area contributed by atoms with E-state index in [0.717, 1.165) is 45.1 Å². The minimum Gasteiger partial charge on any atom is -0.352 e. The molecule has 0 bridgehead atoms. The van der Waals surface area contributed by atoms with Crippen molar-refractivity contribution >= 4 is 11.9 Å². The zero-order chi connectivity index (χ0) is 22.3. The smallest absolute Gasteiger partial charge is 0.321 e. The van der Waals surface area contributed by atoms with E-state index >= 15 is 0 Å². The summed E-state index contributed by atoms with van der Waals surface area (Å²) in [4.78, 5) is 32.4. The summed E-state index contributed by atoms with van der Waals surface area (Å²) >= 11 is 0. The van der Waals surface area contributed by atoms with Gasteiger partial charge in [-0.25, -0.2) is 4.79 Å². The average Bonchev–Trinajstić information content (AvgIpc) is 3.53. The first-order valence-electron chi connectivity index (χ1n) is 12.5. The highest BCUT2D eigenvalue weighted by molar-refractivity contribution is 5.86. The van der Waals surface area contributed by atoms with Gasteiger partial charge in [0.2, 0.25) is 5.91 Å². The standard InChI is InChI=1S/C26H38N4O2/c1-28(2)26(21-9-4-3-5-10-21)15-13-25(14-16-26)19-29(18-23(31)27-22-11-12-22)24(32)30(25)17-20-7-6-8-20/h3-5,9-10,20,22H,6-8,11-19H2,1-2H3,(H,27,31)/t25-,26-. The Morgan fingerprint density at radius 1 is 1.06 bits per heavy atom. The Bertz CT molecular complexity index is 839. The van der Waals surface area contributed by atoms with Gasteiger partial charge >= 0.3 is 6.03 Å². The molecule has 3 aliphatic carbocycles. The SMILES string of the molecule is CN(C)[C@]1(c2ccccc2)CC[C@@]2(CC1)CN(CC(=O)NC1CC1)C(=O)N2CC1CCC1. The fourth-order valence-electron chi connectivity index (χ4n) is 6.18. The second-order valence-electron chi connectivity index (χ2n) is 10.9. The van der Waals surface area contributed by atoms with Crippen LogP contribution >= 0.6 is 0 Å². The van der Waals surface area contributed by atoms with Crippen molar-refractivity contribution in [2.24, 2.45) is 5.92 Å². The molecular formula is C26H38N4O2. The molecule has 6 nitrogen and oxygen atoms in total. The normalized spacial score (nSPS) is 30.8. The predicted octanol–water partition coefficient (Wildman–Crippen LogP) is 3.57. The van der Waals surface area contributed by atoms with Gasteiger partial charge in [0, 0.05) is 24.7 Å². The molecule has 1 heterocycles. The highest BCUT2D eigenvalue weighted by Gasteiger charge is 2.55. The maximum absolute atomic E-state index is 13.5. The van der Waals surface area contributed by atoms with Crippen molar-refractivity contribution in [3.8, 4) is 0 Å². The van der Waals surface area contributed by atoms with Gasteiger partial charge in [-0.3, -0.25) is 9.69 Å². The minimum absolute atomic E-state index is 0.00391. The number of hydrogen-bond acceptors (Lipinski definition) is 3. The quantitative estimate of drug-likeness (QED) is 0.708.